The van der Waals surface area contributed by atoms with Gasteiger partial charge in [0.2, 0.25) is 0 Å². The Morgan fingerprint density at radius 2 is 1.92 bits per heavy atom. The lowest BCUT2D eigenvalue weighted by molar-refractivity contribution is 0.387. The molecule has 0 aliphatic heterocycles. The van der Waals surface area contributed by atoms with Gasteiger partial charge in [-0.2, -0.15) is 0 Å². The van der Waals surface area contributed by atoms with E-state index in [-0.39, 0.29) is 5.76 Å². The first-order valence-electron chi connectivity index (χ1n) is 4.39. The standard InChI is InChI=1S/C11H15NO/c1-9(13)3-2-4-10-5-7-11(12)8-6-10/h5-8,13H,1-4,12H2. The number of aryl methyl sites for hydroxylation is 1. The van der Waals surface area contributed by atoms with Crippen LogP contribution >= 0.6 is 0 Å². The van der Waals surface area contributed by atoms with Gasteiger partial charge in [0.15, 0.2) is 0 Å². The molecule has 0 spiro atoms. The molecule has 0 aromatic heterocycles. The van der Waals surface area contributed by atoms with Gasteiger partial charge in [-0.3, -0.25) is 0 Å². The van der Waals surface area contributed by atoms with Gasteiger partial charge in [-0.1, -0.05) is 18.7 Å². The maximum Gasteiger partial charge on any atom is 0.0851 e. The molecule has 0 atom stereocenters. The Labute approximate surface area is 78.7 Å². The zero-order chi connectivity index (χ0) is 9.68. The summed E-state index contributed by atoms with van der Waals surface area (Å²) in [5.74, 6) is 0.260. The van der Waals surface area contributed by atoms with Crippen LogP contribution in [0.15, 0.2) is 36.6 Å². The van der Waals surface area contributed by atoms with Crippen molar-refractivity contribution in [3.8, 4) is 0 Å². The zero-order valence-electron chi connectivity index (χ0n) is 7.66. The van der Waals surface area contributed by atoms with E-state index in [0.717, 1.165) is 18.5 Å². The molecule has 0 fully saturated rings. The number of hydrogen-bond donors (Lipinski definition) is 2. The molecular formula is C11H15NO. The van der Waals surface area contributed by atoms with E-state index in [0.29, 0.717) is 6.42 Å². The third kappa shape index (κ3) is 3.65. The second kappa shape index (κ2) is 4.55. The largest absolute Gasteiger partial charge is 0.513 e. The first-order chi connectivity index (χ1) is 6.18. The first kappa shape index (κ1) is 9.65. The Bertz CT molecular complexity index is 277. The predicted molar refractivity (Wildman–Crippen MR) is 55.6 cm³/mol. The van der Waals surface area contributed by atoms with Gasteiger partial charge in [-0.15, -0.1) is 0 Å². The van der Waals surface area contributed by atoms with Gasteiger partial charge in [-0.25, -0.2) is 0 Å². The Balaban J connectivity index is 2.37. The van der Waals surface area contributed by atoms with Gasteiger partial charge in [0.1, 0.15) is 0 Å². The quantitative estimate of drug-likeness (QED) is 0.548. The van der Waals surface area contributed by atoms with Crippen LogP contribution in [0.3, 0.4) is 0 Å². The molecule has 0 saturated carbocycles. The van der Waals surface area contributed by atoms with E-state index in [2.05, 4.69) is 6.58 Å². The zero-order valence-corrected chi connectivity index (χ0v) is 7.66. The Kier molecular flexibility index (Phi) is 3.38. The van der Waals surface area contributed by atoms with Crippen molar-refractivity contribution in [3.63, 3.8) is 0 Å². The van der Waals surface area contributed by atoms with Gasteiger partial charge < -0.3 is 10.8 Å². The second-order valence-electron chi connectivity index (χ2n) is 3.16. The minimum atomic E-state index is 0.260. The molecule has 3 N–H and O–H groups in total. The number of allylic oxidation sites excluding steroid dienone is 1. The lowest BCUT2D eigenvalue weighted by Crippen LogP contribution is -1.89. The summed E-state index contributed by atoms with van der Waals surface area (Å²) < 4.78 is 0. The third-order valence-corrected chi connectivity index (χ3v) is 1.91. The fraction of sp³-hybridized carbons (Fsp3) is 0.273. The van der Waals surface area contributed by atoms with E-state index in [1.807, 2.05) is 24.3 Å². The van der Waals surface area contributed by atoms with E-state index in [9.17, 15) is 0 Å². The molecule has 70 valence electrons. The summed E-state index contributed by atoms with van der Waals surface area (Å²) in [6.07, 6.45) is 2.56. The van der Waals surface area contributed by atoms with Crippen LogP contribution in [-0.4, -0.2) is 5.11 Å². The number of aliphatic hydroxyl groups excluding tert-OH is 1. The number of nitrogens with two attached hydrogens (primary N) is 1. The number of anilines is 1. The molecule has 0 aliphatic carbocycles. The third-order valence-electron chi connectivity index (χ3n) is 1.91. The number of rotatable bonds is 4. The van der Waals surface area contributed by atoms with Crippen LogP contribution in [0, 0.1) is 0 Å². The van der Waals surface area contributed by atoms with Crippen molar-refractivity contribution in [1.29, 1.82) is 0 Å². The van der Waals surface area contributed by atoms with Crippen molar-refractivity contribution in [2.75, 3.05) is 5.73 Å². The van der Waals surface area contributed by atoms with Gasteiger partial charge >= 0.3 is 0 Å². The summed E-state index contributed by atoms with van der Waals surface area (Å²) in [6, 6.07) is 7.80. The highest BCUT2D eigenvalue weighted by atomic mass is 16.3. The molecule has 1 aromatic carbocycles. The molecule has 2 heteroatoms. The monoisotopic (exact) mass is 177 g/mol. The molecule has 13 heavy (non-hydrogen) atoms. The highest BCUT2D eigenvalue weighted by Gasteiger charge is 1.94. The minimum absolute atomic E-state index is 0.260. The van der Waals surface area contributed by atoms with Crippen molar-refractivity contribution >= 4 is 5.69 Å². The molecule has 0 heterocycles. The van der Waals surface area contributed by atoms with Crippen LogP contribution in [0.1, 0.15) is 18.4 Å². The number of aliphatic hydroxyl groups is 1. The molecule has 1 aromatic rings. The van der Waals surface area contributed by atoms with Gasteiger partial charge in [0.05, 0.1) is 5.76 Å². The van der Waals surface area contributed by atoms with E-state index >= 15 is 0 Å². The molecule has 0 radical (unpaired) electrons. The molecular weight excluding hydrogens is 162 g/mol. The Morgan fingerprint density at radius 3 is 2.46 bits per heavy atom. The lowest BCUT2D eigenvalue weighted by atomic mass is 10.1. The normalized spacial score (nSPS) is 9.85. The van der Waals surface area contributed by atoms with Gasteiger partial charge in [0, 0.05) is 12.1 Å². The van der Waals surface area contributed by atoms with Crippen LogP contribution in [-0.2, 0) is 6.42 Å². The molecule has 2 nitrogen and oxygen atoms in total. The fourth-order valence-corrected chi connectivity index (χ4v) is 1.18. The van der Waals surface area contributed by atoms with Crippen molar-refractivity contribution in [2.24, 2.45) is 0 Å². The average molecular weight is 177 g/mol. The van der Waals surface area contributed by atoms with Crippen LogP contribution in [0.5, 0.6) is 0 Å². The van der Waals surface area contributed by atoms with Gasteiger partial charge in [0.25, 0.3) is 0 Å². The van der Waals surface area contributed by atoms with Crippen LogP contribution in [0.4, 0.5) is 5.69 Å². The topological polar surface area (TPSA) is 46.2 Å². The van der Waals surface area contributed by atoms with E-state index in [1.165, 1.54) is 5.56 Å². The summed E-state index contributed by atoms with van der Waals surface area (Å²) in [7, 11) is 0. The van der Waals surface area contributed by atoms with Crippen molar-refractivity contribution in [2.45, 2.75) is 19.3 Å². The fourth-order valence-electron chi connectivity index (χ4n) is 1.18. The van der Waals surface area contributed by atoms with Crippen LogP contribution < -0.4 is 5.73 Å². The number of nitrogen functional groups attached to an aromatic ring is 1. The molecule has 1 rings (SSSR count). The van der Waals surface area contributed by atoms with Crippen LogP contribution in [0.25, 0.3) is 0 Å². The highest BCUT2D eigenvalue weighted by Crippen LogP contribution is 2.09. The summed E-state index contributed by atoms with van der Waals surface area (Å²) >= 11 is 0. The first-order valence-corrected chi connectivity index (χ1v) is 4.39. The van der Waals surface area contributed by atoms with Crippen molar-refractivity contribution < 1.29 is 5.11 Å². The minimum Gasteiger partial charge on any atom is -0.513 e. The predicted octanol–water partition coefficient (Wildman–Crippen LogP) is 2.66. The molecule has 0 aliphatic rings. The average Bonchev–Trinajstić information content (AvgIpc) is 2.08. The molecule has 0 saturated heterocycles. The van der Waals surface area contributed by atoms with Crippen molar-refractivity contribution in [3.05, 3.63) is 42.2 Å². The van der Waals surface area contributed by atoms with Crippen molar-refractivity contribution in [1.82, 2.24) is 0 Å². The summed E-state index contributed by atoms with van der Waals surface area (Å²) in [6.45, 7) is 3.44. The Morgan fingerprint density at radius 1 is 1.31 bits per heavy atom. The smallest absolute Gasteiger partial charge is 0.0851 e. The summed E-state index contributed by atoms with van der Waals surface area (Å²) in [5, 5.41) is 8.86. The van der Waals surface area contributed by atoms with E-state index < -0.39 is 0 Å². The Hall–Kier alpha value is -1.44. The van der Waals surface area contributed by atoms with Crippen LogP contribution in [0.2, 0.25) is 0 Å². The maximum absolute atomic E-state index is 8.86. The molecule has 0 unspecified atom stereocenters. The maximum atomic E-state index is 8.86. The summed E-state index contributed by atoms with van der Waals surface area (Å²) in [5.41, 5.74) is 7.58. The highest BCUT2D eigenvalue weighted by molar-refractivity contribution is 5.39. The summed E-state index contributed by atoms with van der Waals surface area (Å²) in [4.78, 5) is 0. The van der Waals surface area contributed by atoms with E-state index in [4.69, 9.17) is 10.8 Å². The molecule has 0 amide bonds. The second-order valence-corrected chi connectivity index (χ2v) is 3.16. The van der Waals surface area contributed by atoms with Gasteiger partial charge in [-0.05, 0) is 30.5 Å². The number of hydrogen-bond acceptors (Lipinski definition) is 2. The molecule has 0 bridgehead atoms. The van der Waals surface area contributed by atoms with E-state index in [1.54, 1.807) is 0 Å². The number of benzene rings is 1. The lowest BCUT2D eigenvalue weighted by Gasteiger charge is -2.01. The SMILES string of the molecule is C=C(O)CCCc1ccc(N)cc1.